The van der Waals surface area contributed by atoms with E-state index in [4.69, 9.17) is 21.6 Å². The first-order chi connectivity index (χ1) is 7.15. The number of hydrogen-bond donors (Lipinski definition) is 0. The lowest BCUT2D eigenvalue weighted by molar-refractivity contribution is 0.334. The van der Waals surface area contributed by atoms with E-state index in [9.17, 15) is 0 Å². The highest BCUT2D eigenvalue weighted by atomic mass is 79.9. The highest BCUT2D eigenvalue weighted by Gasteiger charge is 2.15. The minimum Gasteiger partial charge on any atom is -0.492 e. The first-order valence-electron chi connectivity index (χ1n) is 4.69. The molecular formula is C11H11BrClNO. The molecule has 0 radical (unpaired) electrons. The van der Waals surface area contributed by atoms with Gasteiger partial charge in [0.1, 0.15) is 11.8 Å². The van der Waals surface area contributed by atoms with Crippen molar-refractivity contribution in [3.05, 3.63) is 26.7 Å². The first kappa shape index (κ1) is 12.4. The van der Waals surface area contributed by atoms with Crippen molar-refractivity contribution < 1.29 is 4.74 Å². The summed E-state index contributed by atoms with van der Waals surface area (Å²) in [5, 5.41) is 9.40. The molecule has 0 atom stereocenters. The van der Waals surface area contributed by atoms with Gasteiger partial charge in [-0.05, 0) is 40.9 Å². The molecule has 0 bridgehead atoms. The first-order valence-corrected chi connectivity index (χ1v) is 5.86. The van der Waals surface area contributed by atoms with Crippen LogP contribution in [0, 0.1) is 11.3 Å². The van der Waals surface area contributed by atoms with E-state index in [-0.39, 0.29) is 0 Å². The molecule has 0 N–H and O–H groups in total. The molecular weight excluding hydrogens is 277 g/mol. The lowest BCUT2D eigenvalue weighted by Gasteiger charge is -2.13. The van der Waals surface area contributed by atoms with Gasteiger partial charge in [0.25, 0.3) is 0 Å². The molecule has 0 unspecified atom stereocenters. The molecule has 15 heavy (non-hydrogen) atoms. The molecule has 0 saturated carbocycles. The summed E-state index contributed by atoms with van der Waals surface area (Å²) >= 11 is 9.33. The van der Waals surface area contributed by atoms with Crippen LogP contribution in [-0.2, 0) is 6.42 Å². The monoisotopic (exact) mass is 287 g/mol. The summed E-state index contributed by atoms with van der Waals surface area (Å²) in [7, 11) is 0. The summed E-state index contributed by atoms with van der Waals surface area (Å²) in [4.78, 5) is 0. The van der Waals surface area contributed by atoms with Crippen LogP contribution in [0.3, 0.4) is 0 Å². The van der Waals surface area contributed by atoms with Crippen molar-refractivity contribution >= 4 is 27.5 Å². The quantitative estimate of drug-likeness (QED) is 0.844. The second kappa shape index (κ2) is 5.39. The molecule has 1 aromatic carbocycles. The molecule has 4 heteroatoms. The molecule has 1 rings (SSSR count). The van der Waals surface area contributed by atoms with Gasteiger partial charge in [-0.1, -0.05) is 18.5 Å². The van der Waals surface area contributed by atoms with Crippen molar-refractivity contribution in [3.63, 3.8) is 0 Å². The zero-order chi connectivity index (χ0) is 11.4. The largest absolute Gasteiger partial charge is 0.492 e. The minimum atomic E-state index is 0.428. The Hall–Kier alpha value is -0.720. The van der Waals surface area contributed by atoms with Crippen molar-refractivity contribution in [3.8, 4) is 11.8 Å². The molecule has 0 amide bonds. The summed E-state index contributed by atoms with van der Waals surface area (Å²) in [5.41, 5.74) is 1.44. The molecule has 0 spiro atoms. The Morgan fingerprint density at radius 3 is 2.67 bits per heavy atom. The molecule has 0 aliphatic heterocycles. The summed E-state index contributed by atoms with van der Waals surface area (Å²) in [6, 6.07) is 3.84. The molecule has 80 valence electrons. The fraction of sp³-hybridized carbons (Fsp3) is 0.364. The smallest absolute Gasteiger partial charge is 0.138 e. The van der Waals surface area contributed by atoms with Gasteiger partial charge in [0, 0.05) is 0 Å². The minimum absolute atomic E-state index is 0.428. The lowest BCUT2D eigenvalue weighted by atomic mass is 10.1. The predicted molar refractivity (Wildman–Crippen MR) is 64.4 cm³/mol. The van der Waals surface area contributed by atoms with Gasteiger partial charge in [-0.25, -0.2) is 0 Å². The van der Waals surface area contributed by atoms with Crippen LogP contribution in [0.4, 0.5) is 0 Å². The third-order valence-electron chi connectivity index (χ3n) is 2.03. The Morgan fingerprint density at radius 1 is 1.53 bits per heavy atom. The van der Waals surface area contributed by atoms with E-state index in [1.54, 1.807) is 6.07 Å². The maximum atomic E-state index is 8.94. The molecule has 1 aromatic rings. The molecule has 0 saturated heterocycles. The maximum absolute atomic E-state index is 8.94. The van der Waals surface area contributed by atoms with E-state index in [2.05, 4.69) is 22.0 Å². The molecule has 0 fully saturated rings. The second-order valence-corrected chi connectivity index (χ2v) is 4.13. The normalized spacial score (nSPS) is 9.80. The van der Waals surface area contributed by atoms with Crippen molar-refractivity contribution in [2.45, 2.75) is 20.3 Å². The van der Waals surface area contributed by atoms with E-state index in [0.717, 1.165) is 17.7 Å². The highest BCUT2D eigenvalue weighted by molar-refractivity contribution is 9.10. The zero-order valence-electron chi connectivity index (χ0n) is 8.60. The van der Waals surface area contributed by atoms with Crippen molar-refractivity contribution in [1.29, 1.82) is 5.26 Å². The van der Waals surface area contributed by atoms with Gasteiger partial charge < -0.3 is 4.74 Å². The number of nitriles is 1. The van der Waals surface area contributed by atoms with Crippen LogP contribution in [0.15, 0.2) is 10.5 Å². The second-order valence-electron chi connectivity index (χ2n) is 2.93. The zero-order valence-corrected chi connectivity index (χ0v) is 10.9. The fourth-order valence-electron chi connectivity index (χ4n) is 1.32. The molecule has 0 aliphatic rings. The Kier molecular flexibility index (Phi) is 4.44. The predicted octanol–water partition coefficient (Wildman–Crippen LogP) is 3.94. The molecule has 0 aliphatic carbocycles. The average molecular weight is 289 g/mol. The number of aryl methyl sites for hydroxylation is 1. The van der Waals surface area contributed by atoms with E-state index < -0.39 is 0 Å². The molecule has 2 nitrogen and oxygen atoms in total. The standard InChI is InChI=1S/C11H11BrClNO/c1-3-7-5-9(13)8(6-14)10(12)11(7)15-4-2/h5H,3-4H2,1-2H3. The van der Waals surface area contributed by atoms with E-state index in [0.29, 0.717) is 21.7 Å². The van der Waals surface area contributed by atoms with Gasteiger partial charge >= 0.3 is 0 Å². The third-order valence-corrected chi connectivity index (χ3v) is 3.09. The summed E-state index contributed by atoms with van der Waals surface area (Å²) in [6.07, 6.45) is 0.819. The Labute approximate surface area is 103 Å². The number of nitrogens with zero attached hydrogens (tertiary/aromatic N) is 1. The fourth-order valence-corrected chi connectivity index (χ4v) is 2.37. The van der Waals surface area contributed by atoms with Crippen LogP contribution < -0.4 is 4.74 Å². The Bertz CT molecular complexity index is 412. The molecule has 0 aromatic heterocycles. The number of hydrogen-bond acceptors (Lipinski definition) is 2. The van der Waals surface area contributed by atoms with Crippen molar-refractivity contribution in [2.24, 2.45) is 0 Å². The van der Waals surface area contributed by atoms with Gasteiger partial charge in [-0.3, -0.25) is 0 Å². The van der Waals surface area contributed by atoms with Crippen LogP contribution in [0.2, 0.25) is 5.02 Å². The average Bonchev–Trinajstić information content (AvgIpc) is 2.22. The van der Waals surface area contributed by atoms with Gasteiger partial charge in [0.15, 0.2) is 0 Å². The summed E-state index contributed by atoms with van der Waals surface area (Å²) < 4.78 is 6.15. The van der Waals surface area contributed by atoms with E-state index in [1.807, 2.05) is 13.8 Å². The van der Waals surface area contributed by atoms with Crippen LogP contribution in [0.1, 0.15) is 25.0 Å². The number of halogens is 2. The SMILES string of the molecule is CCOc1c(CC)cc(Cl)c(C#N)c1Br. The van der Waals surface area contributed by atoms with Crippen LogP contribution >= 0.6 is 27.5 Å². The Balaban J connectivity index is 3.40. The number of benzene rings is 1. The number of rotatable bonds is 3. The highest BCUT2D eigenvalue weighted by Crippen LogP contribution is 2.37. The van der Waals surface area contributed by atoms with E-state index >= 15 is 0 Å². The van der Waals surface area contributed by atoms with Crippen LogP contribution in [0.25, 0.3) is 0 Å². The van der Waals surface area contributed by atoms with Gasteiger partial charge in [-0.2, -0.15) is 5.26 Å². The van der Waals surface area contributed by atoms with Crippen molar-refractivity contribution in [2.75, 3.05) is 6.61 Å². The summed E-state index contributed by atoms with van der Waals surface area (Å²) in [6.45, 7) is 4.50. The van der Waals surface area contributed by atoms with Crippen LogP contribution in [-0.4, -0.2) is 6.61 Å². The van der Waals surface area contributed by atoms with Crippen molar-refractivity contribution in [1.82, 2.24) is 0 Å². The summed E-state index contributed by atoms with van der Waals surface area (Å²) in [5.74, 6) is 0.723. The lowest BCUT2D eigenvalue weighted by Crippen LogP contribution is -1.99. The van der Waals surface area contributed by atoms with Crippen LogP contribution in [0.5, 0.6) is 5.75 Å². The third kappa shape index (κ3) is 2.45. The maximum Gasteiger partial charge on any atom is 0.138 e. The Morgan fingerprint density at radius 2 is 2.20 bits per heavy atom. The van der Waals surface area contributed by atoms with Gasteiger partial charge in [0.05, 0.1) is 21.7 Å². The topological polar surface area (TPSA) is 33.0 Å². The van der Waals surface area contributed by atoms with E-state index in [1.165, 1.54) is 0 Å². The molecule has 0 heterocycles. The van der Waals surface area contributed by atoms with Gasteiger partial charge in [0.2, 0.25) is 0 Å². The number of ether oxygens (including phenoxy) is 1. The van der Waals surface area contributed by atoms with Gasteiger partial charge in [-0.15, -0.1) is 0 Å².